The number of guanidine groups is 1. The third-order valence-corrected chi connectivity index (χ3v) is 4.97. The van der Waals surface area contributed by atoms with Crippen molar-refractivity contribution in [2.45, 2.75) is 57.7 Å². The van der Waals surface area contributed by atoms with E-state index >= 15 is 0 Å². The van der Waals surface area contributed by atoms with Gasteiger partial charge in [-0.1, -0.05) is 30.3 Å². The summed E-state index contributed by atoms with van der Waals surface area (Å²) >= 11 is 0. The summed E-state index contributed by atoms with van der Waals surface area (Å²) in [5.41, 5.74) is 1.40. The number of aliphatic imine (C=N–C) groups is 1. The lowest BCUT2D eigenvalue weighted by molar-refractivity contribution is 0.00566. The normalized spacial score (nSPS) is 18.8. The summed E-state index contributed by atoms with van der Waals surface area (Å²) in [5.74, 6) is 0.962. The minimum Gasteiger partial charge on any atom is -0.378 e. The lowest BCUT2D eigenvalue weighted by Crippen LogP contribution is -2.38. The number of benzene rings is 1. The summed E-state index contributed by atoms with van der Waals surface area (Å²) in [6.07, 6.45) is 6.24. The molecule has 0 unspecified atom stereocenters. The minimum atomic E-state index is 0. The van der Waals surface area contributed by atoms with Gasteiger partial charge in [-0.2, -0.15) is 0 Å². The lowest BCUT2D eigenvalue weighted by atomic mass is 10.1. The Hall–Kier alpha value is -0.860. The molecule has 1 heterocycles. The molecule has 0 amide bonds. The van der Waals surface area contributed by atoms with Crippen molar-refractivity contribution >= 4 is 29.9 Å². The third-order valence-electron chi connectivity index (χ3n) is 4.97. The van der Waals surface area contributed by atoms with E-state index in [-0.39, 0.29) is 24.0 Å². The van der Waals surface area contributed by atoms with Crippen LogP contribution in [0.3, 0.4) is 0 Å². The Balaban J connectivity index is 0.00000261. The van der Waals surface area contributed by atoms with Gasteiger partial charge in [0.15, 0.2) is 5.96 Å². The Morgan fingerprint density at radius 3 is 2.56 bits per heavy atom. The van der Waals surface area contributed by atoms with Gasteiger partial charge in [0.2, 0.25) is 0 Å². The number of nitrogens with one attached hydrogen (secondary N) is 2. The van der Waals surface area contributed by atoms with Crippen LogP contribution in [-0.4, -0.2) is 55.8 Å². The van der Waals surface area contributed by atoms with Crippen LogP contribution in [0.25, 0.3) is 0 Å². The van der Waals surface area contributed by atoms with Crippen molar-refractivity contribution < 1.29 is 4.74 Å². The van der Waals surface area contributed by atoms with Crippen molar-refractivity contribution in [1.82, 2.24) is 15.5 Å². The highest BCUT2D eigenvalue weighted by atomic mass is 127. The second-order valence-corrected chi connectivity index (χ2v) is 7.36. The fourth-order valence-corrected chi connectivity index (χ4v) is 3.32. The average Bonchev–Trinajstić information content (AvgIpc) is 3.48. The van der Waals surface area contributed by atoms with Gasteiger partial charge in [-0.15, -0.1) is 24.0 Å². The van der Waals surface area contributed by atoms with E-state index in [0.29, 0.717) is 12.1 Å². The van der Waals surface area contributed by atoms with E-state index in [0.717, 1.165) is 64.6 Å². The molecular weight excluding hydrogens is 451 g/mol. The highest BCUT2D eigenvalue weighted by molar-refractivity contribution is 14.0. The molecular formula is C21H35IN4O. The molecule has 1 aliphatic carbocycles. The SMILES string of the molecule is CCNC(=NCCCOC1CCN(Cc2ccccc2)CC1)NC1CC1.I. The first-order valence-electron chi connectivity index (χ1n) is 10.3. The Bertz CT molecular complexity index is 542. The molecule has 0 radical (unpaired) electrons. The molecule has 1 saturated carbocycles. The molecule has 27 heavy (non-hydrogen) atoms. The van der Waals surface area contributed by atoms with Crippen LogP contribution < -0.4 is 10.6 Å². The van der Waals surface area contributed by atoms with Crippen LogP contribution >= 0.6 is 24.0 Å². The van der Waals surface area contributed by atoms with E-state index in [9.17, 15) is 0 Å². The third kappa shape index (κ3) is 8.79. The summed E-state index contributed by atoms with van der Waals surface area (Å²) < 4.78 is 6.08. The molecule has 2 aliphatic rings. The molecule has 0 aromatic heterocycles. The standard InChI is InChI=1S/C21H34N4O.HI/c1-2-22-21(24-19-9-10-19)23-13-6-16-26-20-11-14-25(15-12-20)17-18-7-4-3-5-8-18;/h3-5,7-8,19-20H,2,6,9-17H2,1H3,(H2,22,23,24);1H. The van der Waals surface area contributed by atoms with Gasteiger partial charge in [-0.05, 0) is 44.6 Å². The van der Waals surface area contributed by atoms with Gasteiger partial charge in [0, 0.05) is 45.4 Å². The molecule has 2 fully saturated rings. The van der Waals surface area contributed by atoms with E-state index in [1.807, 2.05) is 0 Å². The smallest absolute Gasteiger partial charge is 0.191 e. The number of ether oxygens (including phenoxy) is 1. The van der Waals surface area contributed by atoms with Gasteiger partial charge in [0.25, 0.3) is 0 Å². The summed E-state index contributed by atoms with van der Waals surface area (Å²) in [6.45, 7) is 7.99. The molecule has 0 atom stereocenters. The molecule has 3 rings (SSSR count). The van der Waals surface area contributed by atoms with Gasteiger partial charge in [-0.25, -0.2) is 0 Å². The van der Waals surface area contributed by atoms with Crippen LogP contribution in [0.1, 0.15) is 44.6 Å². The highest BCUT2D eigenvalue weighted by Crippen LogP contribution is 2.18. The zero-order valence-electron chi connectivity index (χ0n) is 16.5. The first-order valence-corrected chi connectivity index (χ1v) is 10.3. The zero-order chi connectivity index (χ0) is 18.0. The number of rotatable bonds is 9. The van der Waals surface area contributed by atoms with Crippen molar-refractivity contribution in [2.24, 2.45) is 4.99 Å². The predicted molar refractivity (Wildman–Crippen MR) is 123 cm³/mol. The van der Waals surface area contributed by atoms with Crippen LogP contribution in [0.2, 0.25) is 0 Å². The van der Waals surface area contributed by atoms with Gasteiger partial charge in [-0.3, -0.25) is 9.89 Å². The summed E-state index contributed by atoms with van der Waals surface area (Å²) in [4.78, 5) is 7.17. The molecule has 1 aromatic rings. The molecule has 1 aromatic carbocycles. The number of likely N-dealkylation sites (tertiary alicyclic amines) is 1. The maximum Gasteiger partial charge on any atom is 0.191 e. The van der Waals surface area contributed by atoms with E-state index in [4.69, 9.17) is 4.74 Å². The van der Waals surface area contributed by atoms with Gasteiger partial charge in [0.05, 0.1) is 6.10 Å². The monoisotopic (exact) mass is 486 g/mol. The number of halogens is 1. The second kappa shape index (κ2) is 12.6. The lowest BCUT2D eigenvalue weighted by Gasteiger charge is -2.31. The number of hydrogen-bond donors (Lipinski definition) is 2. The number of piperidine rings is 1. The maximum atomic E-state index is 6.08. The van der Waals surface area contributed by atoms with Crippen LogP contribution in [0, 0.1) is 0 Å². The van der Waals surface area contributed by atoms with Crippen molar-refractivity contribution in [1.29, 1.82) is 0 Å². The summed E-state index contributed by atoms with van der Waals surface area (Å²) in [6, 6.07) is 11.4. The first kappa shape index (κ1) is 22.4. The fraction of sp³-hybridized carbons (Fsp3) is 0.667. The first-order chi connectivity index (χ1) is 12.8. The van der Waals surface area contributed by atoms with E-state index in [1.165, 1.54) is 18.4 Å². The van der Waals surface area contributed by atoms with Gasteiger partial charge >= 0.3 is 0 Å². The molecule has 0 spiro atoms. The zero-order valence-corrected chi connectivity index (χ0v) is 18.9. The molecule has 5 nitrogen and oxygen atoms in total. The predicted octanol–water partition coefficient (Wildman–Crippen LogP) is 3.39. The maximum absolute atomic E-state index is 6.08. The molecule has 152 valence electrons. The Morgan fingerprint density at radius 2 is 1.89 bits per heavy atom. The second-order valence-electron chi connectivity index (χ2n) is 7.36. The Kier molecular flexibility index (Phi) is 10.4. The Morgan fingerprint density at radius 1 is 1.15 bits per heavy atom. The molecule has 2 N–H and O–H groups in total. The molecule has 1 saturated heterocycles. The van der Waals surface area contributed by atoms with Crippen molar-refractivity contribution in [2.75, 3.05) is 32.8 Å². The minimum absolute atomic E-state index is 0. The fourth-order valence-electron chi connectivity index (χ4n) is 3.32. The molecule has 1 aliphatic heterocycles. The van der Waals surface area contributed by atoms with Crippen LogP contribution in [0.15, 0.2) is 35.3 Å². The van der Waals surface area contributed by atoms with Gasteiger partial charge < -0.3 is 15.4 Å². The number of nitrogens with zero attached hydrogens (tertiary/aromatic N) is 2. The van der Waals surface area contributed by atoms with Crippen molar-refractivity contribution in [3.05, 3.63) is 35.9 Å². The highest BCUT2D eigenvalue weighted by Gasteiger charge is 2.22. The number of hydrogen-bond acceptors (Lipinski definition) is 3. The topological polar surface area (TPSA) is 48.9 Å². The van der Waals surface area contributed by atoms with E-state index < -0.39 is 0 Å². The van der Waals surface area contributed by atoms with Crippen LogP contribution in [0.5, 0.6) is 0 Å². The Labute approximate surface area is 181 Å². The summed E-state index contributed by atoms with van der Waals surface area (Å²) in [5, 5.41) is 6.76. The summed E-state index contributed by atoms with van der Waals surface area (Å²) in [7, 11) is 0. The molecule has 0 bridgehead atoms. The molecule has 6 heteroatoms. The van der Waals surface area contributed by atoms with E-state index in [2.05, 4.69) is 57.8 Å². The quantitative estimate of drug-likeness (QED) is 0.243. The van der Waals surface area contributed by atoms with Crippen molar-refractivity contribution in [3.63, 3.8) is 0 Å². The van der Waals surface area contributed by atoms with Crippen LogP contribution in [-0.2, 0) is 11.3 Å². The van der Waals surface area contributed by atoms with E-state index in [1.54, 1.807) is 0 Å². The van der Waals surface area contributed by atoms with Gasteiger partial charge in [0.1, 0.15) is 0 Å². The van der Waals surface area contributed by atoms with Crippen molar-refractivity contribution in [3.8, 4) is 0 Å². The largest absolute Gasteiger partial charge is 0.378 e. The average molecular weight is 486 g/mol. The van der Waals surface area contributed by atoms with Crippen LogP contribution in [0.4, 0.5) is 0 Å².